The zero-order chi connectivity index (χ0) is 17.8. The van der Waals surface area contributed by atoms with E-state index in [4.69, 9.17) is 0 Å². The Morgan fingerprint density at radius 3 is 2.44 bits per heavy atom. The highest BCUT2D eigenvalue weighted by atomic mass is 35.5. The second-order valence-electron chi connectivity index (χ2n) is 7.57. The molecule has 0 spiro atoms. The van der Waals surface area contributed by atoms with Gasteiger partial charge in [-0.15, -0.1) is 24.8 Å². The summed E-state index contributed by atoms with van der Waals surface area (Å²) < 4.78 is 1.83. The lowest BCUT2D eigenvalue weighted by Gasteiger charge is -2.36. The number of likely N-dealkylation sites (tertiary alicyclic amines) is 1. The van der Waals surface area contributed by atoms with E-state index >= 15 is 0 Å². The van der Waals surface area contributed by atoms with E-state index in [0.29, 0.717) is 5.91 Å². The van der Waals surface area contributed by atoms with Crippen molar-refractivity contribution in [2.45, 2.75) is 32.6 Å². The monoisotopic (exact) mass is 419 g/mol. The molecule has 6 nitrogen and oxygen atoms in total. The predicted octanol–water partition coefficient (Wildman–Crippen LogP) is 2.15. The maximum atomic E-state index is 13.1. The molecule has 27 heavy (non-hydrogen) atoms. The van der Waals surface area contributed by atoms with E-state index in [-0.39, 0.29) is 36.6 Å². The Bertz CT molecular complexity index is 570. The third-order valence-corrected chi connectivity index (χ3v) is 6.02. The number of amides is 1. The van der Waals surface area contributed by atoms with Crippen LogP contribution in [-0.2, 0) is 11.8 Å². The lowest BCUT2D eigenvalue weighted by molar-refractivity contribution is -0.136. The Labute approximate surface area is 175 Å². The van der Waals surface area contributed by atoms with E-state index in [1.165, 1.54) is 12.1 Å². The zero-order valence-electron chi connectivity index (χ0n) is 16.8. The third-order valence-electron chi connectivity index (χ3n) is 6.02. The molecule has 3 heterocycles. The number of carbonyl (C=O) groups is 1. The molecule has 0 unspecified atom stereocenters. The molecule has 0 saturated carbocycles. The van der Waals surface area contributed by atoms with Crippen LogP contribution in [0.4, 0.5) is 0 Å². The SMILES string of the molecule is CCN(CC)CC1CCN(C(=O)[C@H]2CNC[C@@H]2c2cnn(C)c2)CC1.Cl.Cl. The van der Waals surface area contributed by atoms with Crippen LogP contribution in [0.3, 0.4) is 0 Å². The van der Waals surface area contributed by atoms with Crippen molar-refractivity contribution in [2.24, 2.45) is 18.9 Å². The molecule has 2 saturated heterocycles. The maximum Gasteiger partial charge on any atom is 0.227 e. The first-order chi connectivity index (χ1) is 12.1. The summed E-state index contributed by atoms with van der Waals surface area (Å²) in [6.07, 6.45) is 6.24. The topological polar surface area (TPSA) is 53.4 Å². The van der Waals surface area contributed by atoms with Crippen molar-refractivity contribution in [2.75, 3.05) is 45.8 Å². The largest absolute Gasteiger partial charge is 0.342 e. The second-order valence-corrected chi connectivity index (χ2v) is 7.57. The quantitative estimate of drug-likeness (QED) is 0.767. The minimum absolute atomic E-state index is 0. The van der Waals surface area contributed by atoms with Crippen molar-refractivity contribution in [1.82, 2.24) is 24.9 Å². The number of halogens is 2. The standard InChI is InChI=1S/C19H33N5O.2ClH/c1-4-23(5-2)13-15-6-8-24(9-7-15)19(25)18-12-20-11-17(18)16-10-21-22(3)14-16;;/h10,14-15,17-18,20H,4-9,11-13H2,1-3H3;2*1H/t17-,18+;;/m1../s1. The zero-order valence-corrected chi connectivity index (χ0v) is 18.4. The van der Waals surface area contributed by atoms with Gasteiger partial charge in [0, 0.05) is 51.9 Å². The molecule has 3 rings (SSSR count). The molecule has 156 valence electrons. The van der Waals surface area contributed by atoms with Crippen LogP contribution >= 0.6 is 24.8 Å². The Kier molecular flexibility index (Phi) is 10.1. The van der Waals surface area contributed by atoms with Crippen LogP contribution < -0.4 is 5.32 Å². The first-order valence-corrected chi connectivity index (χ1v) is 9.82. The Hall–Kier alpha value is -0.820. The van der Waals surface area contributed by atoms with Gasteiger partial charge in [0.05, 0.1) is 12.1 Å². The van der Waals surface area contributed by atoms with Gasteiger partial charge >= 0.3 is 0 Å². The summed E-state index contributed by atoms with van der Waals surface area (Å²) in [7, 11) is 1.93. The van der Waals surface area contributed by atoms with Crippen molar-refractivity contribution < 1.29 is 4.79 Å². The fourth-order valence-electron chi connectivity index (χ4n) is 4.34. The van der Waals surface area contributed by atoms with Gasteiger partial charge in [-0.2, -0.15) is 5.10 Å². The van der Waals surface area contributed by atoms with Gasteiger partial charge in [-0.1, -0.05) is 13.8 Å². The average Bonchev–Trinajstić information content (AvgIpc) is 3.28. The Morgan fingerprint density at radius 1 is 1.22 bits per heavy atom. The summed E-state index contributed by atoms with van der Waals surface area (Å²) in [5.74, 6) is 1.39. The van der Waals surface area contributed by atoms with Crippen molar-refractivity contribution in [3.05, 3.63) is 18.0 Å². The molecule has 0 aromatic carbocycles. The van der Waals surface area contributed by atoms with E-state index in [9.17, 15) is 4.79 Å². The molecular weight excluding hydrogens is 385 g/mol. The summed E-state index contributed by atoms with van der Waals surface area (Å²) in [5, 5.41) is 7.69. The van der Waals surface area contributed by atoms with E-state index in [0.717, 1.165) is 58.0 Å². The van der Waals surface area contributed by atoms with Crippen LogP contribution in [-0.4, -0.2) is 71.3 Å². The van der Waals surface area contributed by atoms with Crippen LogP contribution in [0.25, 0.3) is 0 Å². The minimum atomic E-state index is 0. The number of aryl methyl sites for hydroxylation is 1. The third kappa shape index (κ3) is 5.83. The van der Waals surface area contributed by atoms with Crippen LogP contribution in [0.5, 0.6) is 0 Å². The summed E-state index contributed by atoms with van der Waals surface area (Å²) in [6.45, 7) is 11.4. The van der Waals surface area contributed by atoms with Gasteiger partial charge in [0.25, 0.3) is 0 Å². The molecule has 1 aromatic heterocycles. The highest BCUT2D eigenvalue weighted by Gasteiger charge is 2.38. The Morgan fingerprint density at radius 2 is 1.89 bits per heavy atom. The van der Waals surface area contributed by atoms with E-state index in [1.807, 2.05) is 24.1 Å². The number of hydrogen-bond donors (Lipinski definition) is 1. The first-order valence-electron chi connectivity index (χ1n) is 9.82. The summed E-state index contributed by atoms with van der Waals surface area (Å²) in [6, 6.07) is 0. The number of nitrogens with zero attached hydrogens (tertiary/aromatic N) is 4. The first kappa shape index (κ1) is 24.2. The van der Waals surface area contributed by atoms with E-state index < -0.39 is 0 Å². The van der Waals surface area contributed by atoms with Crippen LogP contribution in [0.1, 0.15) is 38.2 Å². The summed E-state index contributed by atoms with van der Waals surface area (Å²) >= 11 is 0. The minimum Gasteiger partial charge on any atom is -0.342 e. The van der Waals surface area contributed by atoms with Gasteiger partial charge in [0.15, 0.2) is 0 Å². The van der Waals surface area contributed by atoms with Crippen molar-refractivity contribution in [3.8, 4) is 0 Å². The maximum absolute atomic E-state index is 13.1. The number of rotatable bonds is 6. The Balaban J connectivity index is 0.00000182. The highest BCUT2D eigenvalue weighted by molar-refractivity contribution is 5.85. The van der Waals surface area contributed by atoms with Gasteiger partial charge < -0.3 is 15.1 Å². The molecule has 2 atom stereocenters. The van der Waals surface area contributed by atoms with Crippen LogP contribution in [0.2, 0.25) is 0 Å². The fourth-order valence-corrected chi connectivity index (χ4v) is 4.34. The van der Waals surface area contributed by atoms with Crippen molar-refractivity contribution >= 4 is 30.7 Å². The van der Waals surface area contributed by atoms with Gasteiger partial charge in [0.1, 0.15) is 0 Å². The highest BCUT2D eigenvalue weighted by Crippen LogP contribution is 2.30. The fraction of sp³-hybridized carbons (Fsp3) is 0.789. The van der Waals surface area contributed by atoms with Crippen LogP contribution in [0.15, 0.2) is 12.4 Å². The molecule has 2 aliphatic heterocycles. The summed E-state index contributed by atoms with van der Waals surface area (Å²) in [4.78, 5) is 17.7. The molecule has 0 radical (unpaired) electrons. The molecule has 1 N–H and O–H groups in total. The van der Waals surface area contributed by atoms with Gasteiger partial charge in [-0.25, -0.2) is 0 Å². The number of aromatic nitrogens is 2. The second kappa shape index (κ2) is 11.2. The average molecular weight is 420 g/mol. The molecule has 2 aliphatic rings. The van der Waals surface area contributed by atoms with E-state index in [2.05, 4.69) is 34.1 Å². The van der Waals surface area contributed by atoms with E-state index in [1.54, 1.807) is 0 Å². The van der Waals surface area contributed by atoms with Gasteiger partial charge in [-0.3, -0.25) is 9.48 Å². The van der Waals surface area contributed by atoms with Crippen molar-refractivity contribution in [1.29, 1.82) is 0 Å². The van der Waals surface area contributed by atoms with Gasteiger partial charge in [0.2, 0.25) is 5.91 Å². The number of carbonyl (C=O) groups excluding carboxylic acids is 1. The van der Waals surface area contributed by atoms with Crippen molar-refractivity contribution in [3.63, 3.8) is 0 Å². The smallest absolute Gasteiger partial charge is 0.227 e. The summed E-state index contributed by atoms with van der Waals surface area (Å²) in [5.41, 5.74) is 1.18. The molecule has 0 aliphatic carbocycles. The van der Waals surface area contributed by atoms with Crippen LogP contribution in [0, 0.1) is 11.8 Å². The molecular formula is C19H35Cl2N5O. The molecule has 1 aromatic rings. The predicted molar refractivity (Wildman–Crippen MR) is 114 cm³/mol. The van der Waals surface area contributed by atoms with Gasteiger partial charge in [-0.05, 0) is 37.4 Å². The lowest BCUT2D eigenvalue weighted by atomic mass is 9.88. The molecule has 2 fully saturated rings. The number of nitrogens with one attached hydrogen (secondary N) is 1. The number of hydrogen-bond acceptors (Lipinski definition) is 4. The number of piperidine rings is 1. The normalized spacial score (nSPS) is 23.2. The molecule has 8 heteroatoms. The molecule has 0 bridgehead atoms. The lowest BCUT2D eigenvalue weighted by Crippen LogP contribution is -2.45. The molecule has 1 amide bonds.